The summed E-state index contributed by atoms with van der Waals surface area (Å²) in [6.45, 7) is 6.20. The van der Waals surface area contributed by atoms with Gasteiger partial charge in [-0.2, -0.15) is 0 Å². The first kappa shape index (κ1) is 22.9. The standard InChI is InChI=1S/C26H27N5O3S/c1-5-16(2)30-21(18-11-12-22-20(13-18)27-23(32)14-34-22)15-35-26(30)28-24-17(3)29(4)31(25(24)33)19-9-7-6-8-10-19/h6-13,15-16H,5,14H2,1-4H3,(H,27,32)/t16-/m0/s1. The summed E-state index contributed by atoms with van der Waals surface area (Å²) < 4.78 is 11.2. The third-order valence-electron chi connectivity index (χ3n) is 6.41. The van der Waals surface area contributed by atoms with E-state index >= 15 is 0 Å². The number of fused-ring (bicyclic) bond motifs is 1. The van der Waals surface area contributed by atoms with Crippen LogP contribution >= 0.6 is 11.3 Å². The number of ether oxygens (including phenoxy) is 1. The lowest BCUT2D eigenvalue weighted by atomic mass is 10.1. The summed E-state index contributed by atoms with van der Waals surface area (Å²) in [5.41, 5.74) is 4.43. The van der Waals surface area contributed by atoms with Gasteiger partial charge in [-0.3, -0.25) is 14.3 Å². The summed E-state index contributed by atoms with van der Waals surface area (Å²) in [5.74, 6) is 0.490. The van der Waals surface area contributed by atoms with Crippen LogP contribution in [-0.4, -0.2) is 26.4 Å². The zero-order valence-electron chi connectivity index (χ0n) is 20.1. The topological polar surface area (TPSA) is 82.6 Å². The summed E-state index contributed by atoms with van der Waals surface area (Å²) in [5, 5.41) is 4.93. The second-order valence-corrected chi connectivity index (χ2v) is 9.44. The molecule has 2 aromatic carbocycles. The van der Waals surface area contributed by atoms with Gasteiger partial charge in [0.05, 0.1) is 22.8 Å². The van der Waals surface area contributed by atoms with E-state index in [1.807, 2.05) is 72.6 Å². The molecule has 0 saturated heterocycles. The minimum atomic E-state index is -0.167. The number of nitrogens with one attached hydrogen (secondary N) is 1. The van der Waals surface area contributed by atoms with Crippen molar-refractivity contribution >= 4 is 28.6 Å². The maximum Gasteiger partial charge on any atom is 0.297 e. The predicted octanol–water partition coefficient (Wildman–Crippen LogP) is 4.55. The number of nitrogens with zero attached hydrogens (tertiary/aromatic N) is 4. The Morgan fingerprint density at radius 1 is 1.17 bits per heavy atom. The van der Waals surface area contributed by atoms with Crippen molar-refractivity contribution in [2.24, 2.45) is 12.0 Å². The van der Waals surface area contributed by atoms with Gasteiger partial charge in [0.2, 0.25) is 0 Å². The van der Waals surface area contributed by atoms with Crippen LogP contribution in [0.4, 0.5) is 11.4 Å². The molecule has 9 heteroatoms. The molecule has 0 spiro atoms. The van der Waals surface area contributed by atoms with E-state index in [4.69, 9.17) is 9.73 Å². The van der Waals surface area contributed by atoms with Gasteiger partial charge in [-0.05, 0) is 50.6 Å². The fourth-order valence-corrected chi connectivity index (χ4v) is 5.24. The van der Waals surface area contributed by atoms with Crippen LogP contribution in [0.3, 0.4) is 0 Å². The van der Waals surface area contributed by atoms with Crippen molar-refractivity contribution in [1.29, 1.82) is 0 Å². The molecule has 1 aliphatic rings. The van der Waals surface area contributed by atoms with Crippen LogP contribution in [-0.2, 0) is 11.8 Å². The van der Waals surface area contributed by atoms with Crippen molar-refractivity contribution in [3.8, 4) is 22.7 Å². The van der Waals surface area contributed by atoms with Crippen molar-refractivity contribution in [2.75, 3.05) is 11.9 Å². The molecule has 0 radical (unpaired) electrons. The fourth-order valence-electron chi connectivity index (χ4n) is 4.24. The van der Waals surface area contributed by atoms with Crippen LogP contribution in [0.1, 0.15) is 32.0 Å². The van der Waals surface area contributed by atoms with Crippen molar-refractivity contribution in [1.82, 2.24) is 13.9 Å². The summed E-state index contributed by atoms with van der Waals surface area (Å²) in [4.78, 5) is 30.9. The zero-order chi connectivity index (χ0) is 24.7. The predicted molar refractivity (Wildman–Crippen MR) is 138 cm³/mol. The van der Waals surface area contributed by atoms with Crippen molar-refractivity contribution in [3.05, 3.63) is 74.8 Å². The van der Waals surface area contributed by atoms with E-state index in [2.05, 4.69) is 23.7 Å². The number of para-hydroxylation sites is 1. The highest BCUT2D eigenvalue weighted by Gasteiger charge is 2.20. The van der Waals surface area contributed by atoms with Gasteiger partial charge in [-0.15, -0.1) is 11.3 Å². The molecular formula is C26H27N5O3S. The maximum atomic E-state index is 13.4. The second kappa shape index (κ2) is 9.07. The van der Waals surface area contributed by atoms with Gasteiger partial charge in [-0.25, -0.2) is 9.67 Å². The summed E-state index contributed by atoms with van der Waals surface area (Å²) in [7, 11) is 1.87. The molecule has 1 atom stereocenters. The molecule has 2 aromatic heterocycles. The molecule has 180 valence electrons. The van der Waals surface area contributed by atoms with Crippen molar-refractivity contribution < 1.29 is 9.53 Å². The average molecular weight is 490 g/mol. The quantitative estimate of drug-likeness (QED) is 0.447. The Bertz CT molecular complexity index is 1540. The molecule has 0 bridgehead atoms. The molecule has 5 rings (SSSR count). The first-order valence-electron chi connectivity index (χ1n) is 11.5. The Kier molecular flexibility index (Phi) is 5.94. The smallest absolute Gasteiger partial charge is 0.297 e. The molecule has 3 heterocycles. The molecule has 8 nitrogen and oxygen atoms in total. The number of carbonyl (C=O) groups excluding carboxylic acids is 1. The van der Waals surface area contributed by atoms with E-state index in [0.717, 1.165) is 33.9 Å². The third kappa shape index (κ3) is 4.01. The number of amides is 1. The van der Waals surface area contributed by atoms with E-state index in [0.29, 0.717) is 17.1 Å². The van der Waals surface area contributed by atoms with Gasteiger partial charge >= 0.3 is 0 Å². The zero-order valence-corrected chi connectivity index (χ0v) is 20.9. The number of carbonyl (C=O) groups is 1. The van der Waals surface area contributed by atoms with Crippen molar-refractivity contribution in [3.63, 3.8) is 0 Å². The minimum absolute atomic E-state index is 0.0254. The van der Waals surface area contributed by atoms with Gasteiger partial charge < -0.3 is 14.6 Å². The Morgan fingerprint density at radius 2 is 1.94 bits per heavy atom. The van der Waals surface area contributed by atoms with Gasteiger partial charge in [0.15, 0.2) is 17.1 Å². The summed E-state index contributed by atoms with van der Waals surface area (Å²) in [6.07, 6.45) is 0.893. The average Bonchev–Trinajstić information content (AvgIpc) is 3.38. The molecular weight excluding hydrogens is 462 g/mol. The molecule has 1 N–H and O–H groups in total. The number of anilines is 1. The van der Waals surface area contributed by atoms with Gasteiger partial charge in [0, 0.05) is 24.0 Å². The highest BCUT2D eigenvalue weighted by atomic mass is 32.1. The van der Waals surface area contributed by atoms with Gasteiger partial charge in [-0.1, -0.05) is 25.1 Å². The van der Waals surface area contributed by atoms with E-state index in [1.165, 1.54) is 11.3 Å². The Morgan fingerprint density at radius 3 is 2.69 bits per heavy atom. The van der Waals surface area contributed by atoms with Crippen LogP contribution in [0.25, 0.3) is 16.9 Å². The summed E-state index contributed by atoms with van der Waals surface area (Å²) in [6, 6.07) is 15.5. The first-order valence-corrected chi connectivity index (χ1v) is 12.4. The largest absolute Gasteiger partial charge is 0.482 e. The molecule has 35 heavy (non-hydrogen) atoms. The lowest BCUT2D eigenvalue weighted by Crippen LogP contribution is -2.25. The van der Waals surface area contributed by atoms with E-state index in [1.54, 1.807) is 4.68 Å². The molecule has 0 unspecified atom stereocenters. The number of hydrogen-bond donors (Lipinski definition) is 1. The van der Waals surface area contributed by atoms with E-state index in [9.17, 15) is 9.59 Å². The molecule has 0 aliphatic carbocycles. The van der Waals surface area contributed by atoms with Crippen molar-refractivity contribution in [2.45, 2.75) is 33.2 Å². The maximum absolute atomic E-state index is 13.4. The molecule has 0 saturated carbocycles. The highest BCUT2D eigenvalue weighted by molar-refractivity contribution is 7.07. The Labute approximate surface area is 206 Å². The lowest BCUT2D eigenvalue weighted by Gasteiger charge is -2.20. The molecule has 1 aliphatic heterocycles. The Balaban J connectivity index is 1.67. The van der Waals surface area contributed by atoms with Crippen LogP contribution in [0.2, 0.25) is 0 Å². The SMILES string of the molecule is CC[C@H](C)n1c(-c2ccc3c(c2)NC(=O)CO3)csc1=Nc1c(C)n(C)n(-c2ccccc2)c1=O. The van der Waals surface area contributed by atoms with Gasteiger partial charge in [0.1, 0.15) is 5.75 Å². The molecule has 0 fully saturated rings. The van der Waals surface area contributed by atoms with E-state index in [-0.39, 0.29) is 24.1 Å². The third-order valence-corrected chi connectivity index (χ3v) is 7.25. The minimum Gasteiger partial charge on any atom is -0.482 e. The van der Waals surface area contributed by atoms with E-state index < -0.39 is 0 Å². The number of rotatable bonds is 5. The summed E-state index contributed by atoms with van der Waals surface area (Å²) >= 11 is 1.50. The first-order chi connectivity index (χ1) is 16.9. The van der Waals surface area contributed by atoms with Crippen LogP contribution in [0.15, 0.2) is 63.7 Å². The molecule has 4 aromatic rings. The fraction of sp³-hybridized carbons (Fsp3) is 0.269. The molecule has 1 amide bonds. The normalized spacial score (nSPS) is 14.4. The van der Waals surface area contributed by atoms with Crippen LogP contribution < -0.4 is 20.4 Å². The lowest BCUT2D eigenvalue weighted by molar-refractivity contribution is -0.118. The monoisotopic (exact) mass is 489 g/mol. The number of aromatic nitrogens is 3. The number of benzene rings is 2. The van der Waals surface area contributed by atoms with Crippen LogP contribution in [0, 0.1) is 6.92 Å². The second-order valence-electron chi connectivity index (χ2n) is 8.60. The number of thiazole rings is 1. The van der Waals surface area contributed by atoms with Crippen LogP contribution in [0.5, 0.6) is 5.75 Å². The Hall–Kier alpha value is -3.85. The number of hydrogen-bond acceptors (Lipinski definition) is 5. The highest BCUT2D eigenvalue weighted by Crippen LogP contribution is 2.34. The van der Waals surface area contributed by atoms with Gasteiger partial charge in [0.25, 0.3) is 11.5 Å².